The number of hydrogen-bond donors (Lipinski definition) is 4. The molecular weight excluding hydrogens is 447 g/mol. The molecule has 3 atom stereocenters. The van der Waals surface area contributed by atoms with E-state index in [0.717, 1.165) is 0 Å². The number of aryl methyl sites for hydroxylation is 2. The minimum Gasteiger partial charge on any atom is -0.388 e. The number of nitrogens with two attached hydrogens (primary N) is 2. The summed E-state index contributed by atoms with van der Waals surface area (Å²) in [6, 6.07) is 5.91. The fourth-order valence-corrected chi connectivity index (χ4v) is 4.57. The molecule has 0 radical (unpaired) electrons. The van der Waals surface area contributed by atoms with Crippen LogP contribution in [0.4, 0.5) is 16.0 Å². The molecule has 0 amide bonds. The van der Waals surface area contributed by atoms with Gasteiger partial charge in [0.05, 0.1) is 22.0 Å². The lowest BCUT2D eigenvalue weighted by molar-refractivity contribution is 0.0317. The van der Waals surface area contributed by atoms with Gasteiger partial charge in [0, 0.05) is 11.6 Å². The van der Waals surface area contributed by atoms with Crippen LogP contribution >= 0.6 is 11.6 Å². The van der Waals surface area contributed by atoms with Crippen LogP contribution in [0.3, 0.4) is 0 Å². The molecule has 8 nitrogen and oxygen atoms in total. The van der Waals surface area contributed by atoms with Crippen molar-refractivity contribution in [2.45, 2.75) is 38.0 Å². The Morgan fingerprint density at radius 2 is 1.85 bits per heavy atom. The lowest BCUT2D eigenvalue weighted by Crippen LogP contribution is -2.29. The van der Waals surface area contributed by atoms with Crippen molar-refractivity contribution in [1.82, 2.24) is 19.5 Å². The second-order valence-electron chi connectivity index (χ2n) is 8.28. The quantitative estimate of drug-likeness (QED) is 0.338. The van der Waals surface area contributed by atoms with Gasteiger partial charge in [0.1, 0.15) is 41.1 Å². The summed E-state index contributed by atoms with van der Waals surface area (Å²) < 4.78 is 16.4. The molecule has 5 rings (SSSR count). The third-order valence-electron chi connectivity index (χ3n) is 6.10. The van der Waals surface area contributed by atoms with Crippen molar-refractivity contribution in [3.63, 3.8) is 0 Å². The molecule has 0 spiro atoms. The molecule has 1 aliphatic carbocycles. The summed E-state index contributed by atoms with van der Waals surface area (Å²) >= 11 is 5.96. The van der Waals surface area contributed by atoms with Crippen molar-refractivity contribution < 1.29 is 14.6 Å². The number of rotatable bonds is 4. The topological polar surface area (TPSA) is 136 Å². The number of benzene rings is 1. The Kier molecular flexibility index (Phi) is 5.19. The van der Waals surface area contributed by atoms with Gasteiger partial charge in [-0.1, -0.05) is 17.7 Å². The van der Waals surface area contributed by atoms with E-state index in [0.29, 0.717) is 57.6 Å². The van der Waals surface area contributed by atoms with Crippen molar-refractivity contribution in [1.29, 1.82) is 0 Å². The Morgan fingerprint density at radius 3 is 2.64 bits per heavy atom. The third kappa shape index (κ3) is 3.68. The summed E-state index contributed by atoms with van der Waals surface area (Å²) in [4.78, 5) is 12.8. The van der Waals surface area contributed by atoms with Crippen molar-refractivity contribution in [3.05, 3.63) is 64.3 Å². The number of anilines is 2. The second kappa shape index (κ2) is 7.95. The third-order valence-corrected chi connectivity index (χ3v) is 6.40. The van der Waals surface area contributed by atoms with Crippen LogP contribution in [0.2, 0.25) is 5.02 Å². The molecule has 0 aliphatic heterocycles. The summed E-state index contributed by atoms with van der Waals surface area (Å²) in [5, 5.41) is 22.6. The number of halogens is 2. The van der Waals surface area contributed by atoms with E-state index in [-0.39, 0.29) is 10.8 Å². The first-order valence-electron chi connectivity index (χ1n) is 10.4. The first-order valence-corrected chi connectivity index (χ1v) is 10.8. The summed E-state index contributed by atoms with van der Waals surface area (Å²) in [7, 11) is 0. The highest BCUT2D eigenvalue weighted by Crippen LogP contribution is 2.35. The van der Waals surface area contributed by atoms with E-state index in [2.05, 4.69) is 15.0 Å². The molecule has 6 N–H and O–H groups in total. The van der Waals surface area contributed by atoms with Crippen molar-refractivity contribution >= 4 is 45.2 Å². The Bertz CT molecular complexity index is 1440. The number of nitrogen functional groups attached to an aromatic ring is 2. The standard InChI is InChI=1S/C23H22ClFN6O2/c1-10-28-21(26)13-4-5-31(23(13)29-10)18-8-12(19(32)20(18)33)3-2-11-6-16(25)14-9-15(24)22(27)30-17(14)7-11/h4-9,18-20,32-33H,2-3H2,1H3,(H2,27,30)(H2,26,28,29)/t18-,19-,20+/m1/s1. The molecule has 0 saturated carbocycles. The van der Waals surface area contributed by atoms with Crippen LogP contribution < -0.4 is 11.5 Å². The van der Waals surface area contributed by atoms with E-state index >= 15 is 0 Å². The van der Waals surface area contributed by atoms with E-state index in [1.54, 1.807) is 29.8 Å². The predicted octanol–water partition coefficient (Wildman–Crippen LogP) is 3.08. The van der Waals surface area contributed by atoms with Gasteiger partial charge in [-0.3, -0.25) is 0 Å². The highest BCUT2D eigenvalue weighted by molar-refractivity contribution is 6.33. The lowest BCUT2D eigenvalue weighted by atomic mass is 10.0. The highest BCUT2D eigenvalue weighted by Gasteiger charge is 2.36. The first kappa shape index (κ1) is 21.6. The number of pyridine rings is 1. The van der Waals surface area contributed by atoms with Crippen LogP contribution in [0.15, 0.2) is 42.1 Å². The summed E-state index contributed by atoms with van der Waals surface area (Å²) in [5.41, 5.74) is 14.1. The van der Waals surface area contributed by atoms with Gasteiger partial charge in [0.2, 0.25) is 0 Å². The molecule has 0 fully saturated rings. The molecular formula is C23H22ClFN6O2. The van der Waals surface area contributed by atoms with Gasteiger partial charge in [-0.25, -0.2) is 19.3 Å². The maximum Gasteiger partial charge on any atom is 0.146 e. The predicted molar refractivity (Wildman–Crippen MR) is 125 cm³/mol. The average molecular weight is 469 g/mol. The van der Waals surface area contributed by atoms with Crippen LogP contribution in [0.1, 0.15) is 23.9 Å². The Hall–Kier alpha value is -3.27. The molecule has 3 heterocycles. The van der Waals surface area contributed by atoms with E-state index < -0.39 is 24.1 Å². The van der Waals surface area contributed by atoms with Gasteiger partial charge >= 0.3 is 0 Å². The number of fused-ring (bicyclic) bond motifs is 2. The molecule has 0 saturated heterocycles. The van der Waals surface area contributed by atoms with Gasteiger partial charge in [0.15, 0.2) is 0 Å². The Morgan fingerprint density at radius 1 is 1.06 bits per heavy atom. The minimum atomic E-state index is -1.05. The zero-order chi connectivity index (χ0) is 23.4. The largest absolute Gasteiger partial charge is 0.388 e. The molecule has 0 unspecified atom stereocenters. The van der Waals surface area contributed by atoms with Gasteiger partial charge < -0.3 is 26.2 Å². The van der Waals surface area contributed by atoms with E-state index in [1.807, 2.05) is 6.08 Å². The van der Waals surface area contributed by atoms with Crippen LogP contribution in [0, 0.1) is 12.7 Å². The first-order chi connectivity index (χ1) is 15.7. The summed E-state index contributed by atoms with van der Waals surface area (Å²) in [5.74, 6) is 0.579. The minimum absolute atomic E-state index is 0.138. The molecule has 4 aromatic rings. The van der Waals surface area contributed by atoms with Gasteiger partial charge in [0.25, 0.3) is 0 Å². The summed E-state index contributed by atoms with van der Waals surface area (Å²) in [6.07, 6.45) is 2.37. The monoisotopic (exact) mass is 468 g/mol. The van der Waals surface area contributed by atoms with Gasteiger partial charge in [-0.05, 0) is 55.2 Å². The molecule has 1 aliphatic rings. The number of aromatic nitrogens is 4. The van der Waals surface area contributed by atoms with E-state index in [9.17, 15) is 14.6 Å². The maximum atomic E-state index is 14.6. The smallest absolute Gasteiger partial charge is 0.146 e. The van der Waals surface area contributed by atoms with Crippen LogP contribution in [-0.4, -0.2) is 41.9 Å². The molecule has 10 heteroatoms. The average Bonchev–Trinajstić information content (AvgIpc) is 3.29. The second-order valence-corrected chi connectivity index (χ2v) is 8.69. The SMILES string of the molecule is Cc1nc(N)c2ccn([C@@H]3C=C(CCc4cc(F)c5cc(Cl)c(N)nc5c4)[C@@H](O)[C@H]3O)c2n1. The van der Waals surface area contributed by atoms with Gasteiger partial charge in [-0.2, -0.15) is 0 Å². The fourth-order valence-electron chi connectivity index (χ4n) is 4.42. The number of hydrogen-bond acceptors (Lipinski definition) is 7. The molecule has 0 bridgehead atoms. The number of nitrogens with zero attached hydrogens (tertiary/aromatic N) is 4. The molecule has 1 aromatic carbocycles. The fraction of sp³-hybridized carbons (Fsp3) is 0.261. The summed E-state index contributed by atoms with van der Waals surface area (Å²) in [6.45, 7) is 1.74. The van der Waals surface area contributed by atoms with Gasteiger partial charge in [-0.15, -0.1) is 0 Å². The Labute approximate surface area is 193 Å². The molecule has 170 valence electrons. The van der Waals surface area contributed by atoms with Crippen LogP contribution in [0.5, 0.6) is 0 Å². The lowest BCUT2D eigenvalue weighted by Gasteiger charge is -2.19. The number of aliphatic hydroxyl groups excluding tert-OH is 2. The zero-order valence-electron chi connectivity index (χ0n) is 17.7. The normalized spacial score (nSPS) is 20.6. The number of aliphatic hydroxyl groups is 2. The Balaban J connectivity index is 1.43. The van der Waals surface area contributed by atoms with E-state index in [4.69, 9.17) is 23.1 Å². The van der Waals surface area contributed by atoms with Crippen molar-refractivity contribution in [2.24, 2.45) is 0 Å². The van der Waals surface area contributed by atoms with Crippen molar-refractivity contribution in [2.75, 3.05) is 11.5 Å². The zero-order valence-corrected chi connectivity index (χ0v) is 18.5. The molecule has 3 aromatic heterocycles. The maximum absolute atomic E-state index is 14.6. The molecule has 33 heavy (non-hydrogen) atoms. The van der Waals surface area contributed by atoms with E-state index in [1.165, 1.54) is 12.1 Å². The van der Waals surface area contributed by atoms with Crippen LogP contribution in [-0.2, 0) is 6.42 Å². The highest BCUT2D eigenvalue weighted by atomic mass is 35.5. The van der Waals surface area contributed by atoms with Crippen molar-refractivity contribution in [3.8, 4) is 0 Å². The van der Waals surface area contributed by atoms with Crippen LogP contribution in [0.25, 0.3) is 21.9 Å².